The van der Waals surface area contributed by atoms with Crippen LogP contribution in [-0.2, 0) is 5.72 Å². The summed E-state index contributed by atoms with van der Waals surface area (Å²) >= 11 is 6.32. The van der Waals surface area contributed by atoms with Gasteiger partial charge in [0.05, 0.1) is 5.56 Å². The van der Waals surface area contributed by atoms with Crippen molar-refractivity contribution < 1.29 is 18.3 Å². The van der Waals surface area contributed by atoms with E-state index in [1.165, 1.54) is 30.6 Å². The average Bonchev–Trinajstić information content (AvgIpc) is 2.53. The first-order valence-corrected chi connectivity index (χ1v) is 7.65. The van der Waals surface area contributed by atoms with Crippen LogP contribution in [0.2, 0.25) is 5.02 Å². The SMILES string of the molecule is CN(Sc1cncc(C#N)c1)[C@@](O)(c1ccc(Cl)cc1)C(F)(F)F. The summed E-state index contributed by atoms with van der Waals surface area (Å²) in [5.41, 5.74) is -3.42. The smallest absolute Gasteiger partial charge is 0.363 e. The average molecular weight is 374 g/mol. The number of nitrogens with zero attached hydrogens (tertiary/aromatic N) is 3. The van der Waals surface area contributed by atoms with Crippen LogP contribution in [-0.4, -0.2) is 27.6 Å². The third kappa shape index (κ3) is 3.65. The van der Waals surface area contributed by atoms with Crippen molar-refractivity contribution in [3.63, 3.8) is 0 Å². The Labute approximate surface area is 145 Å². The van der Waals surface area contributed by atoms with Gasteiger partial charge in [-0.3, -0.25) is 4.98 Å². The first-order valence-electron chi connectivity index (χ1n) is 6.50. The summed E-state index contributed by atoms with van der Waals surface area (Å²) < 4.78 is 41.4. The molecule has 0 unspecified atom stereocenters. The van der Waals surface area contributed by atoms with Crippen molar-refractivity contribution in [3.05, 3.63) is 58.9 Å². The number of pyridine rings is 1. The Balaban J connectivity index is 2.40. The monoisotopic (exact) mass is 373 g/mol. The highest BCUT2D eigenvalue weighted by atomic mass is 35.5. The third-order valence-corrected chi connectivity index (χ3v) is 4.41. The number of benzene rings is 1. The predicted molar refractivity (Wildman–Crippen MR) is 84.0 cm³/mol. The number of hydrogen-bond acceptors (Lipinski definition) is 5. The van der Waals surface area contributed by atoms with E-state index in [0.29, 0.717) is 16.3 Å². The molecule has 1 atom stereocenters. The van der Waals surface area contributed by atoms with E-state index >= 15 is 0 Å². The van der Waals surface area contributed by atoms with Gasteiger partial charge in [-0.15, -0.1) is 0 Å². The van der Waals surface area contributed by atoms with Gasteiger partial charge in [-0.1, -0.05) is 23.7 Å². The summed E-state index contributed by atoms with van der Waals surface area (Å²) in [6.45, 7) is 0. The molecule has 0 saturated carbocycles. The van der Waals surface area contributed by atoms with Crippen molar-refractivity contribution in [2.45, 2.75) is 16.8 Å². The van der Waals surface area contributed by atoms with Gasteiger partial charge >= 0.3 is 6.18 Å². The zero-order chi connectivity index (χ0) is 18.0. The maximum absolute atomic E-state index is 13.6. The largest absolute Gasteiger partial charge is 0.436 e. The summed E-state index contributed by atoms with van der Waals surface area (Å²) in [7, 11) is 1.10. The van der Waals surface area contributed by atoms with E-state index in [4.69, 9.17) is 16.9 Å². The van der Waals surface area contributed by atoms with Crippen molar-refractivity contribution in [2.75, 3.05) is 7.05 Å². The fourth-order valence-electron chi connectivity index (χ4n) is 1.96. The van der Waals surface area contributed by atoms with Gasteiger partial charge in [-0.05, 0) is 30.1 Å². The van der Waals surface area contributed by atoms with Gasteiger partial charge in [0.25, 0.3) is 5.72 Å². The third-order valence-electron chi connectivity index (χ3n) is 3.18. The van der Waals surface area contributed by atoms with E-state index < -0.39 is 11.9 Å². The summed E-state index contributed by atoms with van der Waals surface area (Å²) in [5.74, 6) is 0. The Hall–Kier alpha value is -1.79. The highest BCUT2D eigenvalue weighted by Crippen LogP contribution is 2.45. The van der Waals surface area contributed by atoms with E-state index in [1.807, 2.05) is 6.07 Å². The Morgan fingerprint density at radius 2 is 1.88 bits per heavy atom. The van der Waals surface area contributed by atoms with E-state index in [1.54, 1.807) is 0 Å². The number of alkyl halides is 3. The standard InChI is InChI=1S/C15H11ClF3N3OS/c1-22(24-13-6-10(7-20)8-21-9-13)14(23,15(17,18)19)11-2-4-12(16)5-3-11/h2-6,8-9,23H,1H3/t14-/m1/s1. The molecule has 0 radical (unpaired) electrons. The highest BCUT2D eigenvalue weighted by Gasteiger charge is 2.58. The lowest BCUT2D eigenvalue weighted by molar-refractivity contribution is -0.301. The van der Waals surface area contributed by atoms with Crippen molar-refractivity contribution in [3.8, 4) is 6.07 Å². The van der Waals surface area contributed by atoms with E-state index in [2.05, 4.69) is 4.98 Å². The quantitative estimate of drug-likeness (QED) is 0.649. The number of halogens is 4. The second-order valence-corrected chi connectivity index (χ2v) is 6.42. The number of hydrogen-bond donors (Lipinski definition) is 1. The van der Waals surface area contributed by atoms with Crippen molar-refractivity contribution >= 4 is 23.5 Å². The molecule has 9 heteroatoms. The maximum atomic E-state index is 13.6. The zero-order valence-corrected chi connectivity index (χ0v) is 13.8. The van der Waals surface area contributed by atoms with Crippen LogP contribution >= 0.6 is 23.5 Å². The summed E-state index contributed by atoms with van der Waals surface area (Å²) in [6, 6.07) is 7.99. The van der Waals surface area contributed by atoms with Crippen LogP contribution in [0.5, 0.6) is 0 Å². The molecule has 0 bridgehead atoms. The fraction of sp³-hybridized carbons (Fsp3) is 0.200. The fourth-order valence-corrected chi connectivity index (χ4v) is 3.03. The summed E-state index contributed by atoms with van der Waals surface area (Å²) in [4.78, 5) is 4.07. The van der Waals surface area contributed by atoms with Gasteiger partial charge in [-0.25, -0.2) is 4.31 Å². The Morgan fingerprint density at radius 1 is 1.25 bits per heavy atom. The number of nitriles is 1. The van der Waals surface area contributed by atoms with Crippen LogP contribution in [0.4, 0.5) is 13.2 Å². The molecule has 126 valence electrons. The predicted octanol–water partition coefficient (Wildman–Crippen LogP) is 3.95. The van der Waals surface area contributed by atoms with Gasteiger partial charge in [-0.2, -0.15) is 18.4 Å². The minimum Gasteiger partial charge on any atom is -0.363 e. The molecule has 0 saturated heterocycles. The zero-order valence-electron chi connectivity index (χ0n) is 12.3. The van der Waals surface area contributed by atoms with E-state index in [0.717, 1.165) is 19.2 Å². The van der Waals surface area contributed by atoms with Gasteiger partial charge in [0.1, 0.15) is 6.07 Å². The van der Waals surface area contributed by atoms with Crippen LogP contribution in [0.1, 0.15) is 11.1 Å². The van der Waals surface area contributed by atoms with Crippen molar-refractivity contribution in [1.82, 2.24) is 9.29 Å². The molecular weight excluding hydrogens is 363 g/mol. The van der Waals surface area contributed by atoms with Gasteiger partial charge in [0, 0.05) is 34.9 Å². The Kier molecular flexibility index (Phi) is 5.40. The van der Waals surface area contributed by atoms with E-state index in [9.17, 15) is 18.3 Å². The minimum absolute atomic E-state index is 0.204. The van der Waals surface area contributed by atoms with Crippen LogP contribution in [0.25, 0.3) is 0 Å². The normalized spacial score (nSPS) is 14.2. The molecule has 24 heavy (non-hydrogen) atoms. The maximum Gasteiger partial charge on any atom is 0.436 e. The lowest BCUT2D eigenvalue weighted by Crippen LogP contribution is -2.52. The molecular formula is C15H11ClF3N3OS. The molecule has 1 aromatic carbocycles. The molecule has 1 N–H and O–H groups in total. The van der Waals surface area contributed by atoms with E-state index in [-0.39, 0.29) is 21.0 Å². The summed E-state index contributed by atoms with van der Waals surface area (Å²) in [6.07, 6.45) is -2.37. The number of rotatable bonds is 4. The van der Waals surface area contributed by atoms with Gasteiger partial charge in [0.15, 0.2) is 0 Å². The Bertz CT molecular complexity index is 764. The van der Waals surface area contributed by atoms with Crippen molar-refractivity contribution in [1.29, 1.82) is 5.26 Å². The molecule has 0 spiro atoms. The molecule has 1 aromatic heterocycles. The molecule has 2 rings (SSSR count). The number of aliphatic hydroxyl groups is 1. The molecule has 0 aliphatic rings. The van der Waals surface area contributed by atoms with Crippen LogP contribution in [0.3, 0.4) is 0 Å². The van der Waals surface area contributed by atoms with Crippen LogP contribution < -0.4 is 0 Å². The van der Waals surface area contributed by atoms with Crippen LogP contribution in [0, 0.1) is 11.3 Å². The molecule has 1 heterocycles. The van der Waals surface area contributed by atoms with Gasteiger partial charge in [0.2, 0.25) is 0 Å². The Morgan fingerprint density at radius 3 is 2.42 bits per heavy atom. The second-order valence-electron chi connectivity index (χ2n) is 4.79. The molecule has 0 aliphatic heterocycles. The minimum atomic E-state index is -4.97. The lowest BCUT2D eigenvalue weighted by atomic mass is 10.0. The summed E-state index contributed by atoms with van der Waals surface area (Å²) in [5, 5.41) is 19.5. The van der Waals surface area contributed by atoms with Crippen LogP contribution in [0.15, 0.2) is 47.6 Å². The molecule has 0 aliphatic carbocycles. The topological polar surface area (TPSA) is 60.2 Å². The molecule has 0 amide bonds. The lowest BCUT2D eigenvalue weighted by Gasteiger charge is -2.37. The first kappa shape index (κ1) is 18.5. The molecule has 0 fully saturated rings. The molecule has 2 aromatic rings. The first-order chi connectivity index (χ1) is 11.2. The highest BCUT2D eigenvalue weighted by molar-refractivity contribution is 7.97. The number of aromatic nitrogens is 1. The van der Waals surface area contributed by atoms with Crippen molar-refractivity contribution in [2.24, 2.45) is 0 Å². The second kappa shape index (κ2) is 6.99. The van der Waals surface area contributed by atoms with Gasteiger partial charge < -0.3 is 5.11 Å². The molecule has 4 nitrogen and oxygen atoms in total.